The van der Waals surface area contributed by atoms with Crippen LogP contribution in [0.25, 0.3) is 11.0 Å². The summed E-state index contributed by atoms with van der Waals surface area (Å²) in [5.74, 6) is 0.373. The number of hydrogen-bond acceptors (Lipinski definition) is 2. The number of fused-ring (bicyclic) bond motifs is 1. The molecule has 3 nitrogen and oxygen atoms in total. The smallest absolute Gasteiger partial charge is 0.125 e. The highest BCUT2D eigenvalue weighted by Crippen LogP contribution is 2.16. The van der Waals surface area contributed by atoms with Crippen molar-refractivity contribution in [1.82, 2.24) is 9.55 Å². The Morgan fingerprint density at radius 1 is 1.54 bits per heavy atom. The monoisotopic (exact) mass is 180 g/mol. The minimum Gasteiger partial charge on any atom is -0.376 e. The first kappa shape index (κ1) is 8.19. The van der Waals surface area contributed by atoms with Crippen molar-refractivity contribution in [3.05, 3.63) is 29.8 Å². The number of rotatable bonds is 1. The maximum absolute atomic E-state index is 12.8. The lowest BCUT2D eigenvalue weighted by molar-refractivity contribution is 0.212. The van der Waals surface area contributed by atoms with Gasteiger partial charge in [0.2, 0.25) is 0 Å². The lowest BCUT2D eigenvalue weighted by Gasteiger charge is -1.99. The van der Waals surface area contributed by atoms with E-state index in [-0.39, 0.29) is 12.5 Å². The van der Waals surface area contributed by atoms with E-state index in [4.69, 9.17) is 5.11 Å². The second kappa shape index (κ2) is 2.81. The molecule has 0 aliphatic heterocycles. The summed E-state index contributed by atoms with van der Waals surface area (Å²) in [5, 5.41) is 9.00. The molecule has 0 fully saturated rings. The first-order chi connectivity index (χ1) is 6.22. The molecule has 0 spiro atoms. The van der Waals surface area contributed by atoms with Crippen LogP contribution < -0.4 is 0 Å². The Balaban J connectivity index is 2.79. The van der Waals surface area contributed by atoms with Gasteiger partial charge in [-0.3, -0.25) is 0 Å². The third-order valence-electron chi connectivity index (χ3n) is 2.04. The van der Waals surface area contributed by atoms with E-state index in [1.54, 1.807) is 17.6 Å². The summed E-state index contributed by atoms with van der Waals surface area (Å²) in [6.45, 7) is 1.64. The predicted octanol–water partition coefficient (Wildman–Crippen LogP) is 1.43. The van der Waals surface area contributed by atoms with Crippen LogP contribution in [0.1, 0.15) is 5.82 Å². The van der Waals surface area contributed by atoms with E-state index in [2.05, 4.69) is 4.98 Å². The largest absolute Gasteiger partial charge is 0.376 e. The fraction of sp³-hybridized carbons (Fsp3) is 0.222. The van der Waals surface area contributed by atoms with Crippen LogP contribution in [0.15, 0.2) is 18.2 Å². The van der Waals surface area contributed by atoms with E-state index in [0.717, 1.165) is 5.52 Å². The Kier molecular flexibility index (Phi) is 1.77. The minimum absolute atomic E-state index is 0.131. The molecule has 1 heterocycles. The van der Waals surface area contributed by atoms with Crippen LogP contribution in [0.3, 0.4) is 0 Å². The Hall–Kier alpha value is -1.42. The maximum Gasteiger partial charge on any atom is 0.125 e. The van der Waals surface area contributed by atoms with Gasteiger partial charge in [-0.05, 0) is 19.1 Å². The van der Waals surface area contributed by atoms with Crippen molar-refractivity contribution >= 4 is 11.0 Å². The fourth-order valence-electron chi connectivity index (χ4n) is 1.40. The number of aliphatic hydroxyl groups is 1. The highest BCUT2D eigenvalue weighted by Gasteiger charge is 2.06. The third kappa shape index (κ3) is 1.19. The SMILES string of the molecule is Cc1nc2cc(F)ccc2n1CO. The van der Waals surface area contributed by atoms with E-state index < -0.39 is 0 Å². The molecule has 0 atom stereocenters. The molecule has 1 aromatic heterocycles. The lowest BCUT2D eigenvalue weighted by Crippen LogP contribution is -1.98. The Bertz CT molecular complexity index is 450. The predicted molar refractivity (Wildman–Crippen MR) is 46.6 cm³/mol. The normalized spacial score (nSPS) is 11.0. The summed E-state index contributed by atoms with van der Waals surface area (Å²) >= 11 is 0. The topological polar surface area (TPSA) is 38.0 Å². The second-order valence-electron chi connectivity index (χ2n) is 2.86. The molecule has 0 unspecified atom stereocenters. The fourth-order valence-corrected chi connectivity index (χ4v) is 1.40. The number of halogens is 1. The van der Waals surface area contributed by atoms with Crippen molar-refractivity contribution in [3.8, 4) is 0 Å². The standard InChI is InChI=1S/C9H9FN2O/c1-6-11-8-4-7(10)2-3-9(8)12(6)5-13/h2-4,13H,5H2,1H3. The highest BCUT2D eigenvalue weighted by atomic mass is 19.1. The second-order valence-corrected chi connectivity index (χ2v) is 2.86. The molecule has 0 aliphatic rings. The van der Waals surface area contributed by atoms with Crippen molar-refractivity contribution in [1.29, 1.82) is 0 Å². The van der Waals surface area contributed by atoms with Gasteiger partial charge < -0.3 is 9.67 Å². The molecule has 2 rings (SSSR count). The van der Waals surface area contributed by atoms with Crippen molar-refractivity contribution in [2.45, 2.75) is 13.7 Å². The summed E-state index contributed by atoms with van der Waals surface area (Å²) in [5.41, 5.74) is 1.33. The molecule has 4 heteroatoms. The number of hydrogen-bond donors (Lipinski definition) is 1. The van der Waals surface area contributed by atoms with Crippen molar-refractivity contribution in [3.63, 3.8) is 0 Å². The van der Waals surface area contributed by atoms with Crippen molar-refractivity contribution in [2.75, 3.05) is 0 Å². The first-order valence-electron chi connectivity index (χ1n) is 3.95. The molecule has 68 valence electrons. The van der Waals surface area contributed by atoms with E-state index >= 15 is 0 Å². The Morgan fingerprint density at radius 3 is 3.00 bits per heavy atom. The summed E-state index contributed by atoms with van der Waals surface area (Å²) in [6, 6.07) is 4.32. The van der Waals surface area contributed by atoms with E-state index in [0.29, 0.717) is 11.3 Å². The van der Waals surface area contributed by atoms with Gasteiger partial charge in [0, 0.05) is 6.07 Å². The molecule has 0 amide bonds. The first-order valence-corrected chi connectivity index (χ1v) is 3.95. The zero-order valence-electron chi connectivity index (χ0n) is 7.16. The van der Waals surface area contributed by atoms with Gasteiger partial charge in [0.05, 0.1) is 11.0 Å². The van der Waals surface area contributed by atoms with Gasteiger partial charge in [0.1, 0.15) is 18.4 Å². The van der Waals surface area contributed by atoms with E-state index in [1.165, 1.54) is 12.1 Å². The Labute approximate surface area is 74.4 Å². The van der Waals surface area contributed by atoms with Crippen molar-refractivity contribution < 1.29 is 9.50 Å². The highest BCUT2D eigenvalue weighted by molar-refractivity contribution is 5.75. The Morgan fingerprint density at radius 2 is 2.31 bits per heavy atom. The van der Waals surface area contributed by atoms with E-state index in [1.807, 2.05) is 0 Å². The molecule has 0 saturated carbocycles. The maximum atomic E-state index is 12.8. The molecule has 1 N–H and O–H groups in total. The zero-order valence-corrected chi connectivity index (χ0v) is 7.16. The average Bonchev–Trinajstić information content (AvgIpc) is 2.39. The van der Waals surface area contributed by atoms with E-state index in [9.17, 15) is 4.39 Å². The third-order valence-corrected chi connectivity index (χ3v) is 2.04. The quantitative estimate of drug-likeness (QED) is 0.721. The van der Waals surface area contributed by atoms with Gasteiger partial charge in [-0.2, -0.15) is 0 Å². The van der Waals surface area contributed by atoms with Gasteiger partial charge in [0.15, 0.2) is 0 Å². The van der Waals surface area contributed by atoms with Crippen LogP contribution >= 0.6 is 0 Å². The number of aryl methyl sites for hydroxylation is 1. The number of aromatic nitrogens is 2. The van der Waals surface area contributed by atoms with Gasteiger partial charge in [-0.1, -0.05) is 0 Å². The van der Waals surface area contributed by atoms with Gasteiger partial charge in [-0.15, -0.1) is 0 Å². The summed E-state index contributed by atoms with van der Waals surface area (Å²) in [6.07, 6.45) is 0. The molecule has 0 aliphatic carbocycles. The molecule has 0 radical (unpaired) electrons. The van der Waals surface area contributed by atoms with Crippen LogP contribution in [-0.4, -0.2) is 14.7 Å². The van der Waals surface area contributed by atoms with Gasteiger partial charge in [-0.25, -0.2) is 9.37 Å². The molecule has 2 aromatic rings. The van der Waals surface area contributed by atoms with Gasteiger partial charge >= 0.3 is 0 Å². The molecule has 0 bridgehead atoms. The van der Waals surface area contributed by atoms with Crippen LogP contribution in [0.2, 0.25) is 0 Å². The molecular formula is C9H9FN2O. The van der Waals surface area contributed by atoms with Gasteiger partial charge in [0.25, 0.3) is 0 Å². The molecule has 0 saturated heterocycles. The summed E-state index contributed by atoms with van der Waals surface area (Å²) < 4.78 is 14.4. The number of aliphatic hydroxyl groups excluding tert-OH is 1. The van der Waals surface area contributed by atoms with Crippen LogP contribution in [0, 0.1) is 12.7 Å². The summed E-state index contributed by atoms with van der Waals surface area (Å²) in [4.78, 5) is 4.11. The van der Waals surface area contributed by atoms with Crippen LogP contribution in [0.5, 0.6) is 0 Å². The lowest BCUT2D eigenvalue weighted by atomic mass is 10.3. The number of benzene rings is 1. The molecule has 1 aromatic carbocycles. The number of imidazole rings is 1. The minimum atomic E-state index is -0.310. The summed E-state index contributed by atoms with van der Waals surface area (Å²) in [7, 11) is 0. The van der Waals surface area contributed by atoms with Crippen LogP contribution in [0.4, 0.5) is 4.39 Å². The molecule has 13 heavy (non-hydrogen) atoms. The average molecular weight is 180 g/mol. The van der Waals surface area contributed by atoms with Crippen molar-refractivity contribution in [2.24, 2.45) is 0 Å². The zero-order chi connectivity index (χ0) is 9.42. The number of nitrogens with zero attached hydrogens (tertiary/aromatic N) is 2. The van der Waals surface area contributed by atoms with Crippen LogP contribution in [-0.2, 0) is 6.73 Å². The molecular weight excluding hydrogens is 171 g/mol.